The van der Waals surface area contributed by atoms with E-state index in [0.29, 0.717) is 6.04 Å². The highest BCUT2D eigenvalue weighted by molar-refractivity contribution is 7.99. The van der Waals surface area contributed by atoms with E-state index in [0.717, 1.165) is 30.7 Å². The van der Waals surface area contributed by atoms with Gasteiger partial charge in [-0.25, -0.2) is 0 Å². The maximum Gasteiger partial charge on any atom is 0.191 e. The van der Waals surface area contributed by atoms with Crippen LogP contribution in [0, 0.1) is 0 Å². The molecule has 0 spiro atoms. The van der Waals surface area contributed by atoms with Gasteiger partial charge in [-0.1, -0.05) is 30.3 Å². The van der Waals surface area contributed by atoms with Gasteiger partial charge in [0.05, 0.1) is 0 Å². The van der Waals surface area contributed by atoms with Crippen molar-refractivity contribution in [3.05, 3.63) is 35.9 Å². The number of aliphatic imine (C=N–C) groups is 1. The van der Waals surface area contributed by atoms with Gasteiger partial charge in [0.25, 0.3) is 0 Å². The van der Waals surface area contributed by atoms with E-state index < -0.39 is 0 Å². The Balaban J connectivity index is 1.81. The number of nitrogens with one attached hydrogen (secondary N) is 2. The van der Waals surface area contributed by atoms with E-state index in [1.807, 2.05) is 11.8 Å². The van der Waals surface area contributed by atoms with Crippen LogP contribution < -0.4 is 10.6 Å². The first-order chi connectivity index (χ1) is 10.3. The zero-order valence-corrected chi connectivity index (χ0v) is 14.0. The Morgan fingerprint density at radius 1 is 1.29 bits per heavy atom. The molecule has 0 amide bonds. The molecule has 0 aromatic heterocycles. The first-order valence-electron chi connectivity index (χ1n) is 7.93. The minimum atomic E-state index is 0.581. The maximum absolute atomic E-state index is 4.71. The fourth-order valence-corrected chi connectivity index (χ4v) is 3.54. The van der Waals surface area contributed by atoms with Gasteiger partial charge in [-0.05, 0) is 44.4 Å². The minimum absolute atomic E-state index is 0.581. The summed E-state index contributed by atoms with van der Waals surface area (Å²) in [4.78, 5) is 4.71. The summed E-state index contributed by atoms with van der Waals surface area (Å²) in [5.41, 5.74) is 1.35. The Kier molecular flexibility index (Phi) is 6.93. The second kappa shape index (κ2) is 8.98. The predicted molar refractivity (Wildman–Crippen MR) is 94.2 cm³/mol. The van der Waals surface area contributed by atoms with E-state index in [2.05, 4.69) is 54.1 Å². The van der Waals surface area contributed by atoms with Gasteiger partial charge in [0, 0.05) is 24.4 Å². The molecule has 0 saturated heterocycles. The van der Waals surface area contributed by atoms with Crippen LogP contribution in [0.2, 0.25) is 0 Å². The summed E-state index contributed by atoms with van der Waals surface area (Å²) in [6, 6.07) is 11.1. The summed E-state index contributed by atoms with van der Waals surface area (Å²) in [6.07, 6.45) is 7.04. The van der Waals surface area contributed by atoms with E-state index in [1.54, 1.807) is 0 Å². The normalized spacial score (nSPS) is 22.3. The van der Waals surface area contributed by atoms with Crippen LogP contribution in [0.4, 0.5) is 0 Å². The highest BCUT2D eigenvalue weighted by Crippen LogP contribution is 2.27. The van der Waals surface area contributed by atoms with Gasteiger partial charge in [-0.15, -0.1) is 0 Å². The third-order valence-corrected chi connectivity index (χ3v) is 5.01. The molecule has 0 radical (unpaired) electrons. The van der Waals surface area contributed by atoms with E-state index in [4.69, 9.17) is 4.99 Å². The summed E-state index contributed by atoms with van der Waals surface area (Å²) < 4.78 is 0. The molecule has 1 aliphatic carbocycles. The lowest BCUT2D eigenvalue weighted by Crippen LogP contribution is -2.42. The van der Waals surface area contributed by atoms with Gasteiger partial charge in [-0.3, -0.25) is 4.99 Å². The van der Waals surface area contributed by atoms with Crippen molar-refractivity contribution in [3.63, 3.8) is 0 Å². The third kappa shape index (κ3) is 5.62. The molecule has 1 saturated carbocycles. The Labute approximate surface area is 133 Å². The molecule has 2 unspecified atom stereocenters. The zero-order valence-electron chi connectivity index (χ0n) is 13.1. The van der Waals surface area contributed by atoms with Crippen LogP contribution in [0.25, 0.3) is 0 Å². The molecule has 116 valence electrons. The van der Waals surface area contributed by atoms with Gasteiger partial charge < -0.3 is 10.6 Å². The second-order valence-corrected chi connectivity index (χ2v) is 6.65. The topological polar surface area (TPSA) is 36.4 Å². The van der Waals surface area contributed by atoms with Gasteiger partial charge in [0.15, 0.2) is 5.96 Å². The van der Waals surface area contributed by atoms with Crippen LogP contribution in [0.1, 0.15) is 31.7 Å². The average molecular weight is 305 g/mol. The number of thioether (sulfide) groups is 1. The van der Waals surface area contributed by atoms with Crippen LogP contribution >= 0.6 is 11.8 Å². The summed E-state index contributed by atoms with van der Waals surface area (Å²) in [7, 11) is 0. The fraction of sp³-hybridized carbons (Fsp3) is 0.588. The molecule has 2 N–H and O–H groups in total. The van der Waals surface area contributed by atoms with Crippen molar-refractivity contribution in [2.45, 2.75) is 43.9 Å². The average Bonchev–Trinajstić information content (AvgIpc) is 2.96. The molecule has 1 aromatic carbocycles. The Morgan fingerprint density at radius 3 is 2.76 bits per heavy atom. The summed E-state index contributed by atoms with van der Waals surface area (Å²) in [5.74, 6) is 0.972. The van der Waals surface area contributed by atoms with Crippen LogP contribution in [-0.2, 0) is 6.42 Å². The Morgan fingerprint density at radius 2 is 2.10 bits per heavy atom. The first kappa shape index (κ1) is 16.2. The molecule has 1 aliphatic rings. The van der Waals surface area contributed by atoms with Crippen molar-refractivity contribution in [2.24, 2.45) is 4.99 Å². The number of guanidine groups is 1. The maximum atomic E-state index is 4.71. The molecule has 0 heterocycles. The largest absolute Gasteiger partial charge is 0.357 e. The van der Waals surface area contributed by atoms with Crippen molar-refractivity contribution >= 4 is 17.7 Å². The van der Waals surface area contributed by atoms with E-state index in [1.165, 1.54) is 24.8 Å². The van der Waals surface area contributed by atoms with Crippen molar-refractivity contribution < 1.29 is 0 Å². The van der Waals surface area contributed by atoms with Crippen molar-refractivity contribution in [1.82, 2.24) is 10.6 Å². The summed E-state index contributed by atoms with van der Waals surface area (Å²) in [6.45, 7) is 3.86. The lowest BCUT2D eigenvalue weighted by Gasteiger charge is -2.17. The molecule has 0 bridgehead atoms. The van der Waals surface area contributed by atoms with E-state index >= 15 is 0 Å². The van der Waals surface area contributed by atoms with Gasteiger partial charge in [0.1, 0.15) is 0 Å². The molecular formula is C17H27N3S. The minimum Gasteiger partial charge on any atom is -0.357 e. The van der Waals surface area contributed by atoms with Crippen LogP contribution in [0.5, 0.6) is 0 Å². The van der Waals surface area contributed by atoms with E-state index in [-0.39, 0.29) is 0 Å². The first-order valence-corrected chi connectivity index (χ1v) is 9.22. The Bertz CT molecular complexity index is 433. The number of benzene rings is 1. The molecule has 2 atom stereocenters. The standard InChI is InChI=1S/C17H27N3S/c1-3-18-17(20-15-9-10-16(13-15)21-2)19-12-11-14-7-5-4-6-8-14/h4-8,15-16H,3,9-13H2,1-2H3,(H2,18,19,20). The highest BCUT2D eigenvalue weighted by atomic mass is 32.2. The SMILES string of the molecule is CCNC(=NCCc1ccccc1)NC1CCC(SC)C1. The van der Waals surface area contributed by atoms with Crippen LogP contribution in [0.15, 0.2) is 35.3 Å². The van der Waals surface area contributed by atoms with Crippen LogP contribution in [-0.4, -0.2) is 36.6 Å². The molecule has 4 heteroatoms. The van der Waals surface area contributed by atoms with Crippen molar-refractivity contribution in [3.8, 4) is 0 Å². The fourth-order valence-electron chi connectivity index (χ4n) is 2.74. The predicted octanol–water partition coefficient (Wildman–Crippen LogP) is 3.07. The monoisotopic (exact) mass is 305 g/mol. The lowest BCUT2D eigenvalue weighted by atomic mass is 10.2. The number of nitrogens with zero attached hydrogens (tertiary/aromatic N) is 1. The molecule has 3 nitrogen and oxygen atoms in total. The quantitative estimate of drug-likeness (QED) is 0.626. The van der Waals surface area contributed by atoms with Crippen molar-refractivity contribution in [2.75, 3.05) is 19.3 Å². The highest BCUT2D eigenvalue weighted by Gasteiger charge is 2.24. The zero-order chi connectivity index (χ0) is 14.9. The van der Waals surface area contributed by atoms with Crippen molar-refractivity contribution in [1.29, 1.82) is 0 Å². The molecule has 1 aromatic rings. The smallest absolute Gasteiger partial charge is 0.191 e. The molecule has 0 aliphatic heterocycles. The number of hydrogen-bond acceptors (Lipinski definition) is 2. The molecule has 2 rings (SSSR count). The summed E-state index contributed by atoms with van der Waals surface area (Å²) in [5, 5.41) is 7.77. The lowest BCUT2D eigenvalue weighted by molar-refractivity contribution is 0.615. The Hall–Kier alpha value is -1.16. The molecular weight excluding hydrogens is 278 g/mol. The van der Waals surface area contributed by atoms with E-state index in [9.17, 15) is 0 Å². The molecule has 1 fully saturated rings. The van der Waals surface area contributed by atoms with Gasteiger partial charge >= 0.3 is 0 Å². The number of rotatable bonds is 6. The summed E-state index contributed by atoms with van der Waals surface area (Å²) >= 11 is 1.99. The van der Waals surface area contributed by atoms with Gasteiger partial charge in [0.2, 0.25) is 0 Å². The second-order valence-electron chi connectivity index (χ2n) is 5.51. The number of hydrogen-bond donors (Lipinski definition) is 2. The van der Waals surface area contributed by atoms with Crippen LogP contribution in [0.3, 0.4) is 0 Å². The third-order valence-electron chi connectivity index (χ3n) is 3.92. The molecule has 21 heavy (non-hydrogen) atoms. The van der Waals surface area contributed by atoms with Gasteiger partial charge in [-0.2, -0.15) is 11.8 Å².